The summed E-state index contributed by atoms with van der Waals surface area (Å²) < 4.78 is 30.7. The molecule has 180 valence electrons. The molecule has 0 aliphatic heterocycles. The summed E-state index contributed by atoms with van der Waals surface area (Å²) in [4.78, 5) is 24.4. The Labute approximate surface area is 202 Å². The molecule has 9 heteroatoms. The van der Waals surface area contributed by atoms with Crippen LogP contribution in [0.1, 0.15) is 25.0 Å². The average molecular weight is 488 g/mol. The third-order valence-corrected chi connectivity index (χ3v) is 5.33. The van der Waals surface area contributed by atoms with Gasteiger partial charge in [0.2, 0.25) is 0 Å². The standard InChI is InChI=1S/C25H26FNO6S/c1-2-31-22(12-13-32-23(29)15-34)24(17-10-11-21(28)19(26)14-17)33-25(30)27-20-9-5-7-16-6-3-4-8-18(16)20/h3-11,14,22,24,28,34H,2,12-13,15H2,1H3,(H,27,30)/t22-,24-/m1/s1. The van der Waals surface area contributed by atoms with Crippen LogP contribution in [0.3, 0.4) is 0 Å². The second-order valence-corrected chi connectivity index (χ2v) is 7.67. The SMILES string of the molecule is CCO[C@H](CCOC(=O)CS)[C@H](OC(=O)Nc1cccc2ccccc12)c1ccc(O)c(F)c1. The lowest BCUT2D eigenvalue weighted by molar-refractivity contribution is -0.142. The van der Waals surface area contributed by atoms with Crippen molar-refractivity contribution in [2.24, 2.45) is 0 Å². The van der Waals surface area contributed by atoms with Gasteiger partial charge in [-0.1, -0.05) is 42.5 Å². The molecular weight excluding hydrogens is 461 g/mol. The van der Waals surface area contributed by atoms with Gasteiger partial charge >= 0.3 is 12.1 Å². The number of esters is 1. The largest absolute Gasteiger partial charge is 0.505 e. The van der Waals surface area contributed by atoms with Gasteiger partial charge in [-0.25, -0.2) is 9.18 Å². The molecule has 0 saturated carbocycles. The number of amides is 1. The molecule has 3 aromatic carbocycles. The molecule has 0 fully saturated rings. The minimum Gasteiger partial charge on any atom is -0.505 e. The smallest absolute Gasteiger partial charge is 0.412 e. The van der Waals surface area contributed by atoms with Crippen LogP contribution >= 0.6 is 12.6 Å². The Kier molecular flexibility index (Phi) is 9.12. The van der Waals surface area contributed by atoms with E-state index in [-0.39, 0.29) is 31.0 Å². The van der Waals surface area contributed by atoms with Crippen molar-refractivity contribution in [2.45, 2.75) is 25.6 Å². The van der Waals surface area contributed by atoms with Gasteiger partial charge < -0.3 is 19.3 Å². The number of thiol groups is 1. The molecule has 2 N–H and O–H groups in total. The monoisotopic (exact) mass is 487 g/mol. The van der Waals surface area contributed by atoms with Crippen LogP contribution in [0.5, 0.6) is 5.75 Å². The van der Waals surface area contributed by atoms with Crippen LogP contribution in [-0.4, -0.2) is 42.2 Å². The van der Waals surface area contributed by atoms with Gasteiger partial charge in [-0.05, 0) is 36.1 Å². The van der Waals surface area contributed by atoms with Crippen molar-refractivity contribution in [1.29, 1.82) is 0 Å². The lowest BCUT2D eigenvalue weighted by Crippen LogP contribution is -2.30. The van der Waals surface area contributed by atoms with E-state index in [2.05, 4.69) is 17.9 Å². The van der Waals surface area contributed by atoms with Gasteiger partial charge in [0.15, 0.2) is 17.7 Å². The highest BCUT2D eigenvalue weighted by molar-refractivity contribution is 7.81. The van der Waals surface area contributed by atoms with Crippen LogP contribution in [-0.2, 0) is 19.0 Å². The summed E-state index contributed by atoms with van der Waals surface area (Å²) in [6.45, 7) is 2.03. The van der Waals surface area contributed by atoms with E-state index in [0.717, 1.165) is 16.8 Å². The Bertz CT molecular complexity index is 1140. The molecule has 0 radical (unpaired) electrons. The van der Waals surface area contributed by atoms with Crippen LogP contribution in [0.2, 0.25) is 0 Å². The number of aromatic hydroxyl groups is 1. The van der Waals surface area contributed by atoms with Gasteiger partial charge in [0.1, 0.15) is 6.10 Å². The van der Waals surface area contributed by atoms with Crippen LogP contribution in [0.4, 0.5) is 14.9 Å². The molecule has 0 saturated heterocycles. The van der Waals surface area contributed by atoms with E-state index >= 15 is 0 Å². The summed E-state index contributed by atoms with van der Waals surface area (Å²) in [5.41, 5.74) is 0.830. The number of ether oxygens (including phenoxy) is 3. The molecule has 0 heterocycles. The second-order valence-electron chi connectivity index (χ2n) is 7.35. The van der Waals surface area contributed by atoms with E-state index in [9.17, 15) is 19.1 Å². The minimum absolute atomic E-state index is 0.00454. The van der Waals surface area contributed by atoms with E-state index in [1.165, 1.54) is 12.1 Å². The first kappa shape index (κ1) is 25.3. The highest BCUT2D eigenvalue weighted by atomic mass is 32.1. The van der Waals surface area contributed by atoms with Crippen molar-refractivity contribution in [2.75, 3.05) is 24.3 Å². The normalized spacial score (nSPS) is 12.7. The van der Waals surface area contributed by atoms with Gasteiger partial charge in [-0.3, -0.25) is 10.1 Å². The summed E-state index contributed by atoms with van der Waals surface area (Å²) in [5.74, 6) is -1.97. The Hall–Kier alpha value is -3.30. The van der Waals surface area contributed by atoms with Crippen LogP contribution < -0.4 is 5.32 Å². The first-order valence-electron chi connectivity index (χ1n) is 10.7. The maximum absolute atomic E-state index is 14.1. The van der Waals surface area contributed by atoms with Crippen molar-refractivity contribution in [3.05, 3.63) is 72.0 Å². The summed E-state index contributed by atoms with van der Waals surface area (Å²) in [6, 6.07) is 16.7. The van der Waals surface area contributed by atoms with Crippen molar-refractivity contribution in [3.8, 4) is 5.75 Å². The number of hydrogen-bond acceptors (Lipinski definition) is 7. The molecule has 1 amide bonds. The molecule has 0 aliphatic rings. The third-order valence-electron chi connectivity index (χ3n) is 5.07. The number of nitrogens with one attached hydrogen (secondary N) is 1. The fourth-order valence-corrected chi connectivity index (χ4v) is 3.61. The Morgan fingerprint density at radius 3 is 2.62 bits per heavy atom. The van der Waals surface area contributed by atoms with Crippen molar-refractivity contribution < 1.29 is 33.3 Å². The molecule has 2 atom stereocenters. The van der Waals surface area contributed by atoms with E-state index in [1.807, 2.05) is 36.4 Å². The third kappa shape index (κ3) is 6.61. The van der Waals surface area contributed by atoms with E-state index < -0.39 is 35.8 Å². The Morgan fingerprint density at radius 2 is 1.88 bits per heavy atom. The predicted molar refractivity (Wildman–Crippen MR) is 130 cm³/mol. The highest BCUT2D eigenvalue weighted by Crippen LogP contribution is 2.30. The fourth-order valence-electron chi connectivity index (χ4n) is 3.52. The second kappa shape index (κ2) is 12.2. The first-order chi connectivity index (χ1) is 16.4. The van der Waals surface area contributed by atoms with Gasteiger partial charge in [0.25, 0.3) is 0 Å². The van der Waals surface area contributed by atoms with Gasteiger partial charge in [-0.15, -0.1) is 0 Å². The average Bonchev–Trinajstić information content (AvgIpc) is 2.84. The number of phenols is 1. The number of carbonyl (C=O) groups excluding carboxylic acids is 2. The number of phenolic OH excluding ortho intramolecular Hbond substituents is 1. The molecule has 7 nitrogen and oxygen atoms in total. The maximum atomic E-state index is 14.1. The lowest BCUT2D eigenvalue weighted by atomic mass is 10.0. The van der Waals surface area contributed by atoms with E-state index in [4.69, 9.17) is 14.2 Å². The van der Waals surface area contributed by atoms with Crippen molar-refractivity contribution in [3.63, 3.8) is 0 Å². The van der Waals surface area contributed by atoms with Gasteiger partial charge in [-0.2, -0.15) is 12.6 Å². The quantitative estimate of drug-likeness (QED) is 0.267. The van der Waals surface area contributed by atoms with Crippen molar-refractivity contribution >= 4 is 41.2 Å². The fraction of sp³-hybridized carbons (Fsp3) is 0.280. The van der Waals surface area contributed by atoms with E-state index in [0.29, 0.717) is 5.69 Å². The topological polar surface area (TPSA) is 94.1 Å². The molecule has 0 bridgehead atoms. The number of hydrogen-bond donors (Lipinski definition) is 3. The Balaban J connectivity index is 1.84. The van der Waals surface area contributed by atoms with E-state index in [1.54, 1.807) is 13.0 Å². The predicted octanol–water partition coefficient (Wildman–Crippen LogP) is 5.24. The number of carbonyl (C=O) groups is 2. The molecular formula is C25H26FNO6S. The number of anilines is 1. The highest BCUT2D eigenvalue weighted by Gasteiger charge is 2.29. The first-order valence-corrected chi connectivity index (χ1v) is 11.4. The van der Waals surface area contributed by atoms with Crippen molar-refractivity contribution in [1.82, 2.24) is 0 Å². The summed E-state index contributed by atoms with van der Waals surface area (Å²) in [5, 5.41) is 14.1. The minimum atomic E-state index is -1.04. The number of halogens is 1. The Morgan fingerprint density at radius 1 is 1.12 bits per heavy atom. The lowest BCUT2D eigenvalue weighted by Gasteiger charge is -2.27. The zero-order chi connectivity index (χ0) is 24.5. The maximum Gasteiger partial charge on any atom is 0.412 e. The molecule has 3 aromatic rings. The van der Waals surface area contributed by atoms with Gasteiger partial charge in [0, 0.05) is 18.4 Å². The van der Waals surface area contributed by atoms with Crippen LogP contribution in [0.25, 0.3) is 10.8 Å². The number of benzene rings is 3. The summed E-state index contributed by atoms with van der Waals surface area (Å²) in [7, 11) is 0. The molecule has 0 aromatic heterocycles. The zero-order valence-corrected chi connectivity index (χ0v) is 19.5. The molecule has 0 aliphatic carbocycles. The molecule has 0 unspecified atom stereocenters. The zero-order valence-electron chi connectivity index (χ0n) is 18.6. The summed E-state index contributed by atoms with van der Waals surface area (Å²) in [6.07, 6.45) is -2.38. The summed E-state index contributed by atoms with van der Waals surface area (Å²) >= 11 is 3.87. The van der Waals surface area contributed by atoms with Gasteiger partial charge in [0.05, 0.1) is 18.0 Å². The number of fused-ring (bicyclic) bond motifs is 1. The van der Waals surface area contributed by atoms with Crippen LogP contribution in [0, 0.1) is 5.82 Å². The number of rotatable bonds is 10. The molecule has 3 rings (SSSR count). The molecule has 0 spiro atoms. The molecule has 34 heavy (non-hydrogen) atoms. The van der Waals surface area contributed by atoms with Crippen LogP contribution in [0.15, 0.2) is 60.7 Å².